The molecule has 1 aromatic heterocycles. The topological polar surface area (TPSA) is 74.9 Å². The molecule has 2 heterocycles. The number of rotatable bonds is 7. The maximum atomic E-state index is 9.76. The van der Waals surface area contributed by atoms with Crippen LogP contribution in [-0.4, -0.2) is 77.6 Å². The van der Waals surface area contributed by atoms with E-state index in [2.05, 4.69) is 27.0 Å². The van der Waals surface area contributed by atoms with Crippen LogP contribution in [-0.2, 0) is 11.3 Å². The SMILES string of the molecule is COC[C@H](O)CN1CC[C@@H](N(C)Cc2noc(C)n2)C1. The number of hydrogen-bond donors (Lipinski definition) is 1. The molecule has 1 aromatic rings. The van der Waals surface area contributed by atoms with Crippen molar-refractivity contribution in [2.24, 2.45) is 0 Å². The summed E-state index contributed by atoms with van der Waals surface area (Å²) >= 11 is 0. The number of aliphatic hydroxyl groups is 1. The predicted molar refractivity (Wildman–Crippen MR) is 73.2 cm³/mol. The number of ether oxygens (including phenoxy) is 1. The number of aliphatic hydroxyl groups excluding tert-OH is 1. The molecule has 0 amide bonds. The molecule has 7 heteroatoms. The lowest BCUT2D eigenvalue weighted by molar-refractivity contribution is 0.0413. The van der Waals surface area contributed by atoms with E-state index >= 15 is 0 Å². The van der Waals surface area contributed by atoms with E-state index in [0.29, 0.717) is 31.6 Å². The molecule has 114 valence electrons. The van der Waals surface area contributed by atoms with Crippen LogP contribution < -0.4 is 0 Å². The van der Waals surface area contributed by atoms with Crippen molar-refractivity contribution in [2.75, 3.05) is 40.4 Å². The Hall–Kier alpha value is -1.02. The smallest absolute Gasteiger partial charge is 0.223 e. The molecule has 2 rings (SSSR count). The van der Waals surface area contributed by atoms with E-state index < -0.39 is 6.10 Å². The Morgan fingerprint density at radius 2 is 2.40 bits per heavy atom. The van der Waals surface area contributed by atoms with Crippen LogP contribution in [0, 0.1) is 6.92 Å². The highest BCUT2D eigenvalue weighted by Gasteiger charge is 2.27. The number of methoxy groups -OCH3 is 1. The summed E-state index contributed by atoms with van der Waals surface area (Å²) in [6.07, 6.45) is 0.677. The first kappa shape index (κ1) is 15.4. The molecule has 1 fully saturated rings. The van der Waals surface area contributed by atoms with E-state index in [9.17, 15) is 5.11 Å². The summed E-state index contributed by atoms with van der Waals surface area (Å²) < 4.78 is 9.94. The van der Waals surface area contributed by atoms with E-state index in [4.69, 9.17) is 9.26 Å². The molecular formula is C13H24N4O3. The minimum absolute atomic E-state index is 0.388. The lowest BCUT2D eigenvalue weighted by atomic mass is 10.2. The van der Waals surface area contributed by atoms with Gasteiger partial charge in [-0.1, -0.05) is 5.16 Å². The Balaban J connectivity index is 1.77. The first-order valence-corrected chi connectivity index (χ1v) is 6.97. The van der Waals surface area contributed by atoms with Crippen LogP contribution in [0.5, 0.6) is 0 Å². The average Bonchev–Trinajstić information content (AvgIpc) is 2.99. The molecule has 0 bridgehead atoms. The van der Waals surface area contributed by atoms with E-state index in [1.54, 1.807) is 14.0 Å². The summed E-state index contributed by atoms with van der Waals surface area (Å²) in [5.74, 6) is 1.33. The summed E-state index contributed by atoms with van der Waals surface area (Å²) in [7, 11) is 3.68. The summed E-state index contributed by atoms with van der Waals surface area (Å²) in [6, 6.07) is 0.462. The van der Waals surface area contributed by atoms with Gasteiger partial charge >= 0.3 is 0 Å². The van der Waals surface area contributed by atoms with Crippen LogP contribution in [0.1, 0.15) is 18.1 Å². The Bertz CT molecular complexity index is 412. The Morgan fingerprint density at radius 3 is 3.05 bits per heavy atom. The maximum Gasteiger partial charge on any atom is 0.223 e. The first-order chi connectivity index (χ1) is 9.58. The van der Waals surface area contributed by atoms with Crippen molar-refractivity contribution in [2.45, 2.75) is 32.0 Å². The zero-order valence-corrected chi connectivity index (χ0v) is 12.4. The van der Waals surface area contributed by atoms with E-state index in [-0.39, 0.29) is 0 Å². The summed E-state index contributed by atoms with van der Waals surface area (Å²) in [6.45, 7) is 5.50. The monoisotopic (exact) mass is 284 g/mol. The molecule has 2 atom stereocenters. The van der Waals surface area contributed by atoms with Gasteiger partial charge in [-0.3, -0.25) is 9.80 Å². The largest absolute Gasteiger partial charge is 0.389 e. The molecule has 0 unspecified atom stereocenters. The quantitative estimate of drug-likeness (QED) is 0.749. The summed E-state index contributed by atoms with van der Waals surface area (Å²) in [5, 5.41) is 13.7. The third kappa shape index (κ3) is 4.24. The predicted octanol–water partition coefficient (Wildman–Crippen LogP) is -0.109. The molecule has 0 spiro atoms. The molecule has 1 N–H and O–H groups in total. The molecule has 1 aliphatic heterocycles. The van der Waals surface area contributed by atoms with Crippen molar-refractivity contribution in [3.8, 4) is 0 Å². The van der Waals surface area contributed by atoms with Gasteiger partial charge in [0.1, 0.15) is 0 Å². The number of likely N-dealkylation sites (tertiary alicyclic amines) is 1. The second-order valence-corrected chi connectivity index (χ2v) is 5.46. The molecule has 0 aromatic carbocycles. The average molecular weight is 284 g/mol. The van der Waals surface area contributed by atoms with Crippen molar-refractivity contribution >= 4 is 0 Å². The van der Waals surface area contributed by atoms with Gasteiger partial charge in [0.2, 0.25) is 5.89 Å². The van der Waals surface area contributed by atoms with Gasteiger partial charge in [-0.2, -0.15) is 4.98 Å². The van der Waals surface area contributed by atoms with Crippen molar-refractivity contribution < 1.29 is 14.4 Å². The molecule has 1 saturated heterocycles. The fraction of sp³-hybridized carbons (Fsp3) is 0.846. The third-order valence-electron chi connectivity index (χ3n) is 3.66. The van der Waals surface area contributed by atoms with Gasteiger partial charge in [-0.25, -0.2) is 0 Å². The fourth-order valence-electron chi connectivity index (χ4n) is 2.64. The number of likely N-dealkylation sites (N-methyl/N-ethyl adjacent to an activating group) is 1. The number of β-amino-alcohol motifs (C(OH)–C–C–N with tert-alkyl or cyclic N) is 1. The standard InChI is InChI=1S/C13H24N4O3/c1-10-14-13(15-20-10)8-16(2)11-4-5-17(6-11)7-12(18)9-19-3/h11-12,18H,4-9H2,1-3H3/t11-,12-/m1/s1. The summed E-state index contributed by atoms with van der Waals surface area (Å²) in [4.78, 5) is 8.74. The number of aryl methyl sites for hydroxylation is 1. The fourth-order valence-corrected chi connectivity index (χ4v) is 2.64. The minimum atomic E-state index is -0.413. The molecule has 20 heavy (non-hydrogen) atoms. The maximum absolute atomic E-state index is 9.76. The van der Waals surface area contributed by atoms with Gasteiger partial charge in [0.05, 0.1) is 19.3 Å². The molecule has 0 aliphatic carbocycles. The second-order valence-electron chi connectivity index (χ2n) is 5.46. The molecule has 0 saturated carbocycles. The second kappa shape index (κ2) is 7.12. The van der Waals surface area contributed by atoms with Crippen molar-refractivity contribution in [1.82, 2.24) is 19.9 Å². The molecule has 0 radical (unpaired) electrons. The molecular weight excluding hydrogens is 260 g/mol. The highest BCUT2D eigenvalue weighted by molar-refractivity contribution is 4.88. The van der Waals surface area contributed by atoms with Crippen LogP contribution in [0.4, 0.5) is 0 Å². The van der Waals surface area contributed by atoms with Crippen molar-refractivity contribution in [1.29, 1.82) is 0 Å². The third-order valence-corrected chi connectivity index (χ3v) is 3.66. The van der Waals surface area contributed by atoms with Gasteiger partial charge in [-0.05, 0) is 20.0 Å². The van der Waals surface area contributed by atoms with Gasteiger partial charge in [-0.15, -0.1) is 0 Å². The molecule has 1 aliphatic rings. The van der Waals surface area contributed by atoms with Gasteiger partial charge in [0.15, 0.2) is 5.82 Å². The van der Waals surface area contributed by atoms with E-state index in [1.165, 1.54) is 0 Å². The highest BCUT2D eigenvalue weighted by atomic mass is 16.5. The lowest BCUT2D eigenvalue weighted by Crippen LogP contribution is -2.37. The van der Waals surface area contributed by atoms with E-state index in [1.807, 2.05) is 0 Å². The highest BCUT2D eigenvalue weighted by Crippen LogP contribution is 2.16. The normalized spacial score (nSPS) is 21.8. The zero-order chi connectivity index (χ0) is 14.5. The zero-order valence-electron chi connectivity index (χ0n) is 12.4. The minimum Gasteiger partial charge on any atom is -0.389 e. The van der Waals surface area contributed by atoms with Gasteiger partial charge < -0.3 is 14.4 Å². The van der Waals surface area contributed by atoms with Crippen LogP contribution in [0.25, 0.3) is 0 Å². The van der Waals surface area contributed by atoms with Crippen LogP contribution in [0.2, 0.25) is 0 Å². The first-order valence-electron chi connectivity index (χ1n) is 6.97. The molecule has 7 nitrogen and oxygen atoms in total. The number of nitrogens with zero attached hydrogens (tertiary/aromatic N) is 4. The Labute approximate surface area is 119 Å². The summed E-state index contributed by atoms with van der Waals surface area (Å²) in [5.41, 5.74) is 0. The number of hydrogen-bond acceptors (Lipinski definition) is 7. The van der Waals surface area contributed by atoms with Crippen molar-refractivity contribution in [3.05, 3.63) is 11.7 Å². The van der Waals surface area contributed by atoms with E-state index in [0.717, 1.165) is 25.3 Å². The van der Waals surface area contributed by atoms with Gasteiger partial charge in [0, 0.05) is 33.2 Å². The van der Waals surface area contributed by atoms with Crippen LogP contribution in [0.3, 0.4) is 0 Å². The van der Waals surface area contributed by atoms with Gasteiger partial charge in [0.25, 0.3) is 0 Å². The van der Waals surface area contributed by atoms with Crippen LogP contribution >= 0.6 is 0 Å². The number of aromatic nitrogens is 2. The Morgan fingerprint density at radius 1 is 1.60 bits per heavy atom. The Kier molecular flexibility index (Phi) is 5.47. The van der Waals surface area contributed by atoms with Crippen LogP contribution in [0.15, 0.2) is 4.52 Å². The van der Waals surface area contributed by atoms with Crippen molar-refractivity contribution in [3.63, 3.8) is 0 Å². The lowest BCUT2D eigenvalue weighted by Gasteiger charge is -2.24.